The molecule has 1 N–H and O–H groups in total. The lowest BCUT2D eigenvalue weighted by Crippen LogP contribution is -2.07. The van der Waals surface area contributed by atoms with Crippen molar-refractivity contribution in [1.82, 2.24) is 19.7 Å². The van der Waals surface area contributed by atoms with E-state index in [1.54, 1.807) is 0 Å². The monoisotopic (exact) mass is 289 g/mol. The summed E-state index contributed by atoms with van der Waals surface area (Å²) in [5, 5.41) is 7.68. The van der Waals surface area contributed by atoms with Crippen molar-refractivity contribution in [3.05, 3.63) is 22.8 Å². The average Bonchev–Trinajstić information content (AvgIpc) is 2.67. The normalized spacial score (nSPS) is 10.8. The van der Waals surface area contributed by atoms with Crippen LogP contribution in [0.3, 0.4) is 0 Å². The maximum absolute atomic E-state index is 6.02. The molecule has 0 aliphatic heterocycles. The largest absolute Gasteiger partial charge is 0.435 e. The Hall–Kier alpha value is -2.11. The fraction of sp³-hybridized carbons (Fsp3) is 0.533. The molecular weight excluding hydrogens is 266 g/mol. The molecule has 2 rings (SSSR count). The van der Waals surface area contributed by atoms with Crippen LogP contribution in [0.4, 0.5) is 5.82 Å². The zero-order chi connectivity index (χ0) is 15.6. The Kier molecular flexibility index (Phi) is 4.45. The third-order valence-electron chi connectivity index (χ3n) is 3.40. The lowest BCUT2D eigenvalue weighted by atomic mass is 10.3. The topological polar surface area (TPSA) is 64.9 Å². The van der Waals surface area contributed by atoms with Gasteiger partial charge in [0.2, 0.25) is 5.88 Å². The maximum atomic E-state index is 6.02. The summed E-state index contributed by atoms with van der Waals surface area (Å²) in [6, 6.07) is 0. The Morgan fingerprint density at radius 1 is 1.14 bits per heavy atom. The molecule has 0 aliphatic carbocycles. The third-order valence-corrected chi connectivity index (χ3v) is 3.40. The van der Waals surface area contributed by atoms with Gasteiger partial charge in [-0.05, 0) is 34.1 Å². The second-order valence-corrected chi connectivity index (χ2v) is 5.20. The minimum Gasteiger partial charge on any atom is -0.435 e. The molecular formula is C15H23N5O. The zero-order valence-corrected chi connectivity index (χ0v) is 13.6. The van der Waals surface area contributed by atoms with E-state index in [0.29, 0.717) is 11.7 Å². The third kappa shape index (κ3) is 3.15. The summed E-state index contributed by atoms with van der Waals surface area (Å²) in [4.78, 5) is 8.86. The summed E-state index contributed by atoms with van der Waals surface area (Å²) < 4.78 is 7.83. The molecule has 0 amide bonds. The van der Waals surface area contributed by atoms with E-state index in [2.05, 4.69) is 27.3 Å². The van der Waals surface area contributed by atoms with Crippen LogP contribution in [0.2, 0.25) is 0 Å². The highest BCUT2D eigenvalue weighted by Gasteiger charge is 2.16. The molecule has 0 saturated carbocycles. The molecule has 0 radical (unpaired) electrons. The van der Waals surface area contributed by atoms with Gasteiger partial charge in [0.15, 0.2) is 5.75 Å². The van der Waals surface area contributed by atoms with E-state index in [9.17, 15) is 0 Å². The van der Waals surface area contributed by atoms with Crippen LogP contribution >= 0.6 is 0 Å². The second kappa shape index (κ2) is 6.11. The number of aromatic nitrogens is 4. The van der Waals surface area contributed by atoms with E-state index < -0.39 is 0 Å². The fourth-order valence-corrected chi connectivity index (χ4v) is 2.12. The molecule has 114 valence electrons. The standard InChI is InChI=1S/C15H23N5O/c1-7-8-16-14-9(2)15(18-12(5)17-14)21-13-10(3)19-20(6)11(13)4/h7-8H2,1-6H3,(H,16,17,18). The summed E-state index contributed by atoms with van der Waals surface area (Å²) in [6.07, 6.45) is 1.04. The van der Waals surface area contributed by atoms with Gasteiger partial charge < -0.3 is 10.1 Å². The fourth-order valence-electron chi connectivity index (χ4n) is 2.12. The van der Waals surface area contributed by atoms with Crippen LogP contribution in [0.15, 0.2) is 0 Å². The molecule has 6 heteroatoms. The summed E-state index contributed by atoms with van der Waals surface area (Å²) in [5.74, 6) is 2.87. The van der Waals surface area contributed by atoms with Crippen LogP contribution in [-0.4, -0.2) is 26.3 Å². The van der Waals surface area contributed by atoms with Gasteiger partial charge in [-0.25, -0.2) is 4.98 Å². The summed E-state index contributed by atoms with van der Waals surface area (Å²) >= 11 is 0. The average molecular weight is 289 g/mol. The van der Waals surface area contributed by atoms with Crippen LogP contribution in [0.5, 0.6) is 11.6 Å². The Labute approximate surface area is 125 Å². The number of hydrogen-bond acceptors (Lipinski definition) is 5. The van der Waals surface area contributed by atoms with Gasteiger partial charge in [0, 0.05) is 13.6 Å². The van der Waals surface area contributed by atoms with E-state index in [4.69, 9.17) is 4.74 Å². The number of nitrogens with one attached hydrogen (secondary N) is 1. The van der Waals surface area contributed by atoms with Crippen molar-refractivity contribution < 1.29 is 4.74 Å². The molecule has 0 unspecified atom stereocenters. The lowest BCUT2D eigenvalue weighted by Gasteiger charge is -2.13. The van der Waals surface area contributed by atoms with E-state index in [-0.39, 0.29) is 0 Å². The van der Waals surface area contributed by atoms with Crippen molar-refractivity contribution >= 4 is 5.82 Å². The SMILES string of the molecule is CCCNc1nc(C)nc(Oc2c(C)nn(C)c2C)c1C. The Balaban J connectivity index is 2.37. The maximum Gasteiger partial charge on any atom is 0.227 e. The second-order valence-electron chi connectivity index (χ2n) is 5.20. The Morgan fingerprint density at radius 2 is 1.86 bits per heavy atom. The summed E-state index contributed by atoms with van der Waals surface area (Å²) in [7, 11) is 1.90. The van der Waals surface area contributed by atoms with Crippen LogP contribution in [0.25, 0.3) is 0 Å². The van der Waals surface area contributed by atoms with Crippen LogP contribution in [0, 0.1) is 27.7 Å². The number of nitrogens with zero attached hydrogens (tertiary/aromatic N) is 4. The molecule has 0 aliphatic rings. The van der Waals surface area contributed by atoms with E-state index in [1.165, 1.54) is 0 Å². The first-order valence-electron chi connectivity index (χ1n) is 7.21. The first-order valence-corrected chi connectivity index (χ1v) is 7.21. The van der Waals surface area contributed by atoms with E-state index in [0.717, 1.165) is 41.5 Å². The van der Waals surface area contributed by atoms with Gasteiger partial charge in [-0.2, -0.15) is 10.1 Å². The minimum atomic E-state index is 0.584. The van der Waals surface area contributed by atoms with Gasteiger partial charge in [0.05, 0.1) is 11.3 Å². The highest BCUT2D eigenvalue weighted by Crippen LogP contribution is 2.31. The molecule has 0 bridgehead atoms. The van der Waals surface area contributed by atoms with Crippen molar-refractivity contribution in [3.8, 4) is 11.6 Å². The zero-order valence-electron chi connectivity index (χ0n) is 13.6. The van der Waals surface area contributed by atoms with Gasteiger partial charge in [-0.15, -0.1) is 0 Å². The number of rotatable bonds is 5. The number of anilines is 1. The lowest BCUT2D eigenvalue weighted by molar-refractivity contribution is 0.448. The molecule has 2 aromatic heterocycles. The number of aryl methyl sites for hydroxylation is 3. The summed E-state index contributed by atoms with van der Waals surface area (Å²) in [6.45, 7) is 10.7. The van der Waals surface area contributed by atoms with E-state index >= 15 is 0 Å². The highest BCUT2D eigenvalue weighted by atomic mass is 16.5. The van der Waals surface area contributed by atoms with Crippen molar-refractivity contribution in [2.75, 3.05) is 11.9 Å². The number of ether oxygens (including phenoxy) is 1. The molecule has 0 spiro atoms. The first-order chi connectivity index (χ1) is 9.93. The molecule has 6 nitrogen and oxygen atoms in total. The molecule has 0 fully saturated rings. The minimum absolute atomic E-state index is 0.584. The number of hydrogen-bond donors (Lipinski definition) is 1. The van der Waals surface area contributed by atoms with Gasteiger partial charge in [-0.1, -0.05) is 6.92 Å². The predicted molar refractivity (Wildman–Crippen MR) is 83.0 cm³/mol. The van der Waals surface area contributed by atoms with Gasteiger partial charge in [-0.3, -0.25) is 4.68 Å². The Bertz CT molecular complexity index is 648. The molecule has 21 heavy (non-hydrogen) atoms. The van der Waals surface area contributed by atoms with Gasteiger partial charge in [0.1, 0.15) is 17.3 Å². The Morgan fingerprint density at radius 3 is 2.43 bits per heavy atom. The first kappa shape index (κ1) is 15.3. The molecule has 2 aromatic rings. The molecule has 0 saturated heterocycles. The highest BCUT2D eigenvalue weighted by molar-refractivity contribution is 5.50. The summed E-state index contributed by atoms with van der Waals surface area (Å²) in [5.41, 5.74) is 2.75. The van der Waals surface area contributed by atoms with Crippen LogP contribution in [-0.2, 0) is 7.05 Å². The van der Waals surface area contributed by atoms with Crippen LogP contribution < -0.4 is 10.1 Å². The van der Waals surface area contributed by atoms with Crippen molar-refractivity contribution in [1.29, 1.82) is 0 Å². The molecule has 0 aromatic carbocycles. The van der Waals surface area contributed by atoms with Crippen molar-refractivity contribution in [3.63, 3.8) is 0 Å². The molecule has 2 heterocycles. The van der Waals surface area contributed by atoms with Gasteiger partial charge >= 0.3 is 0 Å². The quantitative estimate of drug-likeness (QED) is 0.916. The van der Waals surface area contributed by atoms with Gasteiger partial charge in [0.25, 0.3) is 0 Å². The smallest absolute Gasteiger partial charge is 0.227 e. The van der Waals surface area contributed by atoms with Crippen molar-refractivity contribution in [2.45, 2.75) is 41.0 Å². The predicted octanol–water partition coefficient (Wildman–Crippen LogP) is 3.06. The van der Waals surface area contributed by atoms with Crippen LogP contribution in [0.1, 0.15) is 36.1 Å². The van der Waals surface area contributed by atoms with E-state index in [1.807, 2.05) is 39.4 Å². The molecule has 0 atom stereocenters. The van der Waals surface area contributed by atoms with Crippen molar-refractivity contribution in [2.24, 2.45) is 7.05 Å².